The van der Waals surface area contributed by atoms with Gasteiger partial charge in [0.2, 0.25) is 5.95 Å². The summed E-state index contributed by atoms with van der Waals surface area (Å²) in [5, 5.41) is 19.2. The number of methoxy groups -OCH3 is 1. The molecule has 0 fully saturated rings. The van der Waals surface area contributed by atoms with E-state index in [1.165, 1.54) is 0 Å². The maximum Gasteiger partial charge on any atom is 0.227 e. The van der Waals surface area contributed by atoms with Crippen LogP contribution in [0.4, 0.5) is 11.6 Å². The molecular weight excluding hydrogens is 368 g/mol. The third kappa shape index (κ3) is 4.34. The van der Waals surface area contributed by atoms with Crippen LogP contribution in [0.2, 0.25) is 5.02 Å². The maximum atomic E-state index is 9.35. The highest BCUT2D eigenvalue weighted by Gasteiger charge is 2.17. The Balaban J connectivity index is 1.88. The van der Waals surface area contributed by atoms with Crippen molar-refractivity contribution in [3.8, 4) is 22.9 Å². The van der Waals surface area contributed by atoms with Crippen LogP contribution in [-0.2, 0) is 4.74 Å². The van der Waals surface area contributed by atoms with E-state index >= 15 is 0 Å². The molecule has 0 saturated heterocycles. The highest BCUT2D eigenvalue weighted by molar-refractivity contribution is 6.35. The number of nitriles is 1. The molecule has 0 unspecified atom stereocenters. The summed E-state index contributed by atoms with van der Waals surface area (Å²) in [4.78, 5) is 8.57. The molecule has 0 radical (unpaired) electrons. The molecule has 1 atom stereocenters. The number of hydrogen-bond donors (Lipinski definition) is 2. The lowest BCUT2D eigenvalue weighted by molar-refractivity contribution is 0.0920. The van der Waals surface area contributed by atoms with Crippen molar-refractivity contribution in [2.75, 3.05) is 19.0 Å². The summed E-state index contributed by atoms with van der Waals surface area (Å²) >= 11 is 6.53. The minimum absolute atomic E-state index is 0.257. The monoisotopic (exact) mass is 384 g/mol. The average Bonchev–Trinajstić information content (AvgIpc) is 3.17. The lowest BCUT2D eigenvalue weighted by Crippen LogP contribution is -2.18. The summed E-state index contributed by atoms with van der Waals surface area (Å²) in [6.07, 6.45) is 6.35. The number of benzene rings is 1. The summed E-state index contributed by atoms with van der Waals surface area (Å²) in [5.41, 5.74) is 2.48. The minimum atomic E-state index is -0.257. The van der Waals surface area contributed by atoms with Crippen molar-refractivity contribution in [1.29, 1.82) is 5.26 Å². The first-order valence-electron chi connectivity index (χ1n) is 8.08. The van der Waals surface area contributed by atoms with Gasteiger partial charge in [0.15, 0.2) is 5.75 Å². The molecule has 8 nitrogen and oxygen atoms in total. The van der Waals surface area contributed by atoms with Crippen LogP contribution in [0.1, 0.15) is 12.5 Å². The Morgan fingerprint density at radius 1 is 1.30 bits per heavy atom. The second-order valence-electron chi connectivity index (χ2n) is 5.71. The Morgan fingerprint density at radius 3 is 2.70 bits per heavy atom. The number of nitrogens with one attached hydrogen (secondary N) is 2. The van der Waals surface area contributed by atoms with Crippen LogP contribution in [0, 0.1) is 11.3 Å². The molecule has 0 amide bonds. The SMILES string of the molecule is COC[C@H](C)Oc1c(C#N)ccc(-c2cnc(Nc3cn[nH]c3)nc2)c1Cl. The van der Waals surface area contributed by atoms with E-state index in [2.05, 4.69) is 31.6 Å². The van der Waals surface area contributed by atoms with Crippen LogP contribution in [0.15, 0.2) is 36.9 Å². The fourth-order valence-electron chi connectivity index (χ4n) is 2.43. The third-order valence-electron chi connectivity index (χ3n) is 3.66. The second kappa shape index (κ2) is 8.49. The smallest absolute Gasteiger partial charge is 0.227 e. The van der Waals surface area contributed by atoms with Gasteiger partial charge in [-0.15, -0.1) is 0 Å². The van der Waals surface area contributed by atoms with Gasteiger partial charge in [-0.2, -0.15) is 10.4 Å². The number of anilines is 2. The van der Waals surface area contributed by atoms with Gasteiger partial charge in [-0.25, -0.2) is 9.97 Å². The quantitative estimate of drug-likeness (QED) is 0.641. The first kappa shape index (κ1) is 18.6. The van der Waals surface area contributed by atoms with Gasteiger partial charge in [-0.1, -0.05) is 17.7 Å². The summed E-state index contributed by atoms with van der Waals surface area (Å²) in [6.45, 7) is 2.22. The molecule has 0 saturated carbocycles. The van der Waals surface area contributed by atoms with Crippen LogP contribution in [0.5, 0.6) is 5.75 Å². The van der Waals surface area contributed by atoms with Gasteiger partial charge in [0.1, 0.15) is 12.2 Å². The van der Waals surface area contributed by atoms with Crippen LogP contribution in [0.3, 0.4) is 0 Å². The van der Waals surface area contributed by atoms with Gasteiger partial charge in [0.05, 0.1) is 29.1 Å². The van der Waals surface area contributed by atoms with Crippen molar-refractivity contribution < 1.29 is 9.47 Å². The fourth-order valence-corrected chi connectivity index (χ4v) is 2.75. The van der Waals surface area contributed by atoms with Gasteiger partial charge in [-0.3, -0.25) is 5.10 Å². The molecule has 3 aromatic rings. The molecule has 2 N–H and O–H groups in total. The molecule has 3 rings (SSSR count). The molecule has 0 aliphatic rings. The fraction of sp³-hybridized carbons (Fsp3) is 0.222. The Labute approximate surface area is 161 Å². The molecule has 2 aromatic heterocycles. The third-order valence-corrected chi connectivity index (χ3v) is 4.03. The van der Waals surface area contributed by atoms with Crippen molar-refractivity contribution in [2.24, 2.45) is 0 Å². The first-order chi connectivity index (χ1) is 13.1. The van der Waals surface area contributed by atoms with E-state index in [-0.39, 0.29) is 6.10 Å². The molecule has 0 aliphatic heterocycles. The Kier molecular flexibility index (Phi) is 5.86. The highest BCUT2D eigenvalue weighted by Crippen LogP contribution is 2.38. The summed E-state index contributed by atoms with van der Waals surface area (Å²) in [6, 6.07) is 5.50. The predicted molar refractivity (Wildman–Crippen MR) is 101 cm³/mol. The molecular formula is C18H17ClN6O2. The van der Waals surface area contributed by atoms with E-state index in [1.54, 1.807) is 44.0 Å². The molecule has 0 bridgehead atoms. The Hall–Kier alpha value is -3.15. The Bertz CT molecular complexity index is 938. The molecule has 0 spiro atoms. The van der Waals surface area contributed by atoms with Crippen molar-refractivity contribution >= 4 is 23.2 Å². The van der Waals surface area contributed by atoms with E-state index < -0.39 is 0 Å². The summed E-state index contributed by atoms with van der Waals surface area (Å²) in [7, 11) is 1.58. The summed E-state index contributed by atoms with van der Waals surface area (Å²) in [5.74, 6) is 0.747. The van der Waals surface area contributed by atoms with Gasteiger partial charge in [0.25, 0.3) is 0 Å². The zero-order valence-corrected chi connectivity index (χ0v) is 15.5. The lowest BCUT2D eigenvalue weighted by Gasteiger charge is -2.17. The zero-order valence-electron chi connectivity index (χ0n) is 14.7. The normalized spacial score (nSPS) is 11.6. The number of hydrogen-bond acceptors (Lipinski definition) is 7. The molecule has 0 aliphatic carbocycles. The van der Waals surface area contributed by atoms with E-state index in [9.17, 15) is 5.26 Å². The van der Waals surface area contributed by atoms with Gasteiger partial charge in [0, 0.05) is 36.8 Å². The second-order valence-corrected chi connectivity index (χ2v) is 6.08. The summed E-state index contributed by atoms with van der Waals surface area (Å²) < 4.78 is 10.9. The first-order valence-corrected chi connectivity index (χ1v) is 8.46. The minimum Gasteiger partial charge on any atom is -0.485 e. The molecule has 1 aromatic carbocycles. The number of halogens is 1. The van der Waals surface area contributed by atoms with E-state index in [1.807, 2.05) is 6.92 Å². The van der Waals surface area contributed by atoms with Crippen LogP contribution < -0.4 is 10.1 Å². The zero-order chi connectivity index (χ0) is 19.2. The number of nitrogens with zero attached hydrogens (tertiary/aromatic N) is 4. The van der Waals surface area contributed by atoms with Crippen LogP contribution in [0.25, 0.3) is 11.1 Å². The number of aromatic amines is 1. The predicted octanol–water partition coefficient (Wildman–Crippen LogP) is 3.55. The standard InChI is InChI=1S/C18H17ClN6O2/c1-11(10-26-2)27-17-12(5-20)3-4-15(16(17)19)13-6-21-18(22-7-13)25-14-8-23-24-9-14/h3-4,6-9,11H,10H2,1-2H3,(H,23,24)(H,21,22,25)/t11-/m0/s1. The Morgan fingerprint density at radius 2 is 2.07 bits per heavy atom. The highest BCUT2D eigenvalue weighted by atomic mass is 35.5. The lowest BCUT2D eigenvalue weighted by atomic mass is 10.1. The van der Waals surface area contributed by atoms with Crippen molar-refractivity contribution in [1.82, 2.24) is 20.2 Å². The molecule has 27 heavy (non-hydrogen) atoms. The van der Waals surface area contributed by atoms with E-state index in [0.29, 0.717) is 40.0 Å². The molecule has 138 valence electrons. The number of rotatable bonds is 7. The van der Waals surface area contributed by atoms with Gasteiger partial charge < -0.3 is 14.8 Å². The van der Waals surface area contributed by atoms with Crippen LogP contribution in [-0.4, -0.2) is 40.0 Å². The van der Waals surface area contributed by atoms with E-state index in [4.69, 9.17) is 21.1 Å². The van der Waals surface area contributed by atoms with Gasteiger partial charge >= 0.3 is 0 Å². The van der Waals surface area contributed by atoms with Crippen LogP contribution >= 0.6 is 11.6 Å². The van der Waals surface area contributed by atoms with E-state index in [0.717, 1.165) is 5.69 Å². The number of ether oxygens (including phenoxy) is 2. The average molecular weight is 385 g/mol. The van der Waals surface area contributed by atoms with Crippen molar-refractivity contribution in [3.63, 3.8) is 0 Å². The number of H-pyrrole nitrogens is 1. The van der Waals surface area contributed by atoms with Gasteiger partial charge in [-0.05, 0) is 13.0 Å². The topological polar surface area (TPSA) is 109 Å². The number of aromatic nitrogens is 4. The largest absolute Gasteiger partial charge is 0.485 e. The molecule has 2 heterocycles. The van der Waals surface area contributed by atoms with Crippen molar-refractivity contribution in [2.45, 2.75) is 13.0 Å². The maximum absolute atomic E-state index is 9.35. The molecule has 9 heteroatoms. The van der Waals surface area contributed by atoms with Crippen molar-refractivity contribution in [3.05, 3.63) is 47.5 Å².